The molecule has 0 saturated heterocycles. The van der Waals surface area contributed by atoms with Gasteiger partial charge in [-0.1, -0.05) is 6.07 Å². The van der Waals surface area contributed by atoms with Crippen LogP contribution in [0.4, 0.5) is 0 Å². The number of hydrogen-bond donors (Lipinski definition) is 1. The summed E-state index contributed by atoms with van der Waals surface area (Å²) in [6, 6.07) is 6.39. The first-order chi connectivity index (χ1) is 8.71. The van der Waals surface area contributed by atoms with Crippen LogP contribution in [-0.4, -0.2) is 26.8 Å². The molecule has 0 aliphatic rings. The number of terminal acetylenes is 1. The normalized spacial score (nSPS) is 11.7. The van der Waals surface area contributed by atoms with Gasteiger partial charge in [-0.3, -0.25) is 0 Å². The summed E-state index contributed by atoms with van der Waals surface area (Å²) in [5.41, 5.74) is 1.22. The molecule has 98 valence electrons. The first-order valence-corrected chi connectivity index (χ1v) is 6.09. The maximum absolute atomic E-state index is 5.29. The Morgan fingerprint density at radius 1 is 1.28 bits per heavy atom. The van der Waals surface area contributed by atoms with Crippen LogP contribution in [0, 0.1) is 12.3 Å². The summed E-state index contributed by atoms with van der Waals surface area (Å²) in [4.78, 5) is 0. The van der Waals surface area contributed by atoms with Crippen molar-refractivity contribution in [1.82, 2.24) is 5.32 Å². The Morgan fingerprint density at radius 3 is 2.61 bits per heavy atom. The lowest BCUT2D eigenvalue weighted by Gasteiger charge is -2.14. The molecule has 0 spiro atoms. The summed E-state index contributed by atoms with van der Waals surface area (Å²) < 4.78 is 10.5. The maximum atomic E-state index is 5.29. The molecule has 0 heterocycles. The third-order valence-electron chi connectivity index (χ3n) is 2.75. The van der Waals surface area contributed by atoms with Crippen molar-refractivity contribution >= 4 is 0 Å². The SMILES string of the molecule is C#CCCNC(C)Cc1ccc(OC)c(OC)c1. The summed E-state index contributed by atoms with van der Waals surface area (Å²) in [5, 5.41) is 3.38. The van der Waals surface area contributed by atoms with E-state index in [-0.39, 0.29) is 0 Å². The van der Waals surface area contributed by atoms with E-state index in [9.17, 15) is 0 Å². The highest BCUT2D eigenvalue weighted by molar-refractivity contribution is 5.43. The molecule has 0 saturated carbocycles. The average Bonchev–Trinajstić information content (AvgIpc) is 2.39. The zero-order valence-electron chi connectivity index (χ0n) is 11.3. The van der Waals surface area contributed by atoms with Gasteiger partial charge in [-0.05, 0) is 31.0 Å². The van der Waals surface area contributed by atoms with Crippen molar-refractivity contribution in [2.24, 2.45) is 0 Å². The summed E-state index contributed by atoms with van der Waals surface area (Å²) in [6.45, 7) is 3.00. The minimum absolute atomic E-state index is 0.386. The quantitative estimate of drug-likeness (QED) is 0.592. The largest absolute Gasteiger partial charge is 0.493 e. The van der Waals surface area contributed by atoms with E-state index in [0.717, 1.165) is 30.9 Å². The van der Waals surface area contributed by atoms with Gasteiger partial charge in [-0.25, -0.2) is 0 Å². The molecule has 0 fully saturated rings. The fraction of sp³-hybridized carbons (Fsp3) is 0.467. The van der Waals surface area contributed by atoms with Crippen molar-refractivity contribution in [1.29, 1.82) is 0 Å². The van der Waals surface area contributed by atoms with Crippen LogP contribution in [0.1, 0.15) is 18.9 Å². The van der Waals surface area contributed by atoms with Gasteiger partial charge in [-0.15, -0.1) is 12.3 Å². The molecule has 0 aromatic heterocycles. The number of rotatable bonds is 7. The summed E-state index contributed by atoms with van der Waals surface area (Å²) in [7, 11) is 3.29. The Kier molecular flexibility index (Phi) is 6.10. The van der Waals surface area contributed by atoms with Crippen LogP contribution in [0.15, 0.2) is 18.2 Å². The molecule has 0 aliphatic carbocycles. The average molecular weight is 247 g/mol. The van der Waals surface area contributed by atoms with Gasteiger partial charge < -0.3 is 14.8 Å². The van der Waals surface area contributed by atoms with Gasteiger partial charge in [0.05, 0.1) is 14.2 Å². The van der Waals surface area contributed by atoms with E-state index >= 15 is 0 Å². The second-order valence-electron chi connectivity index (χ2n) is 4.20. The molecular weight excluding hydrogens is 226 g/mol. The molecule has 1 aromatic carbocycles. The molecule has 1 atom stereocenters. The van der Waals surface area contributed by atoms with E-state index in [1.807, 2.05) is 12.1 Å². The van der Waals surface area contributed by atoms with Crippen molar-refractivity contribution in [3.05, 3.63) is 23.8 Å². The second kappa shape index (κ2) is 7.62. The molecule has 0 aliphatic heterocycles. The van der Waals surface area contributed by atoms with E-state index in [1.165, 1.54) is 5.56 Å². The van der Waals surface area contributed by atoms with E-state index in [2.05, 4.69) is 24.2 Å². The first-order valence-electron chi connectivity index (χ1n) is 6.09. The summed E-state index contributed by atoms with van der Waals surface area (Å²) in [5.74, 6) is 4.15. The van der Waals surface area contributed by atoms with E-state index in [1.54, 1.807) is 14.2 Å². The number of nitrogens with one attached hydrogen (secondary N) is 1. The van der Waals surface area contributed by atoms with Gasteiger partial charge >= 0.3 is 0 Å². The lowest BCUT2D eigenvalue weighted by atomic mass is 10.1. The van der Waals surface area contributed by atoms with Crippen LogP contribution in [-0.2, 0) is 6.42 Å². The monoisotopic (exact) mass is 247 g/mol. The zero-order chi connectivity index (χ0) is 13.4. The summed E-state index contributed by atoms with van der Waals surface area (Å²) in [6.07, 6.45) is 6.91. The maximum Gasteiger partial charge on any atom is 0.160 e. The molecule has 1 N–H and O–H groups in total. The fourth-order valence-electron chi connectivity index (χ4n) is 1.82. The molecule has 0 radical (unpaired) electrons. The van der Waals surface area contributed by atoms with Crippen LogP contribution >= 0.6 is 0 Å². The number of methoxy groups -OCH3 is 2. The number of hydrogen-bond acceptors (Lipinski definition) is 3. The molecule has 3 nitrogen and oxygen atoms in total. The topological polar surface area (TPSA) is 30.5 Å². The molecular formula is C15H21NO2. The van der Waals surface area contributed by atoms with Crippen molar-refractivity contribution < 1.29 is 9.47 Å². The zero-order valence-corrected chi connectivity index (χ0v) is 11.3. The molecule has 0 amide bonds. The van der Waals surface area contributed by atoms with Crippen LogP contribution in [0.3, 0.4) is 0 Å². The van der Waals surface area contributed by atoms with Gasteiger partial charge in [0.25, 0.3) is 0 Å². The van der Waals surface area contributed by atoms with Crippen molar-refractivity contribution in [2.75, 3.05) is 20.8 Å². The minimum atomic E-state index is 0.386. The van der Waals surface area contributed by atoms with E-state index < -0.39 is 0 Å². The smallest absolute Gasteiger partial charge is 0.160 e. The first kappa shape index (κ1) is 14.4. The fourth-order valence-corrected chi connectivity index (χ4v) is 1.82. The molecule has 3 heteroatoms. The van der Waals surface area contributed by atoms with Crippen molar-refractivity contribution in [3.8, 4) is 23.8 Å². The van der Waals surface area contributed by atoms with Gasteiger partial charge in [0.15, 0.2) is 11.5 Å². The molecule has 1 rings (SSSR count). The standard InChI is InChI=1S/C15H21NO2/c1-5-6-9-16-12(2)10-13-7-8-14(17-3)15(11-13)18-4/h1,7-8,11-12,16H,6,9-10H2,2-4H3. The van der Waals surface area contributed by atoms with Crippen LogP contribution in [0.25, 0.3) is 0 Å². The van der Waals surface area contributed by atoms with Gasteiger partial charge in [0, 0.05) is 19.0 Å². The molecule has 1 unspecified atom stereocenters. The highest BCUT2D eigenvalue weighted by Gasteiger charge is 2.07. The molecule has 1 aromatic rings. The van der Waals surface area contributed by atoms with E-state index in [0.29, 0.717) is 6.04 Å². The lowest BCUT2D eigenvalue weighted by molar-refractivity contribution is 0.354. The Hall–Kier alpha value is -1.66. The predicted octanol–water partition coefficient (Wildman–Crippen LogP) is 2.25. The molecule has 0 bridgehead atoms. The third kappa shape index (κ3) is 4.31. The summed E-state index contributed by atoms with van der Waals surface area (Å²) >= 11 is 0. The Labute approximate surface area is 109 Å². The Balaban J connectivity index is 2.59. The second-order valence-corrected chi connectivity index (χ2v) is 4.20. The minimum Gasteiger partial charge on any atom is -0.493 e. The predicted molar refractivity (Wildman–Crippen MR) is 74.2 cm³/mol. The van der Waals surface area contributed by atoms with Crippen LogP contribution in [0.2, 0.25) is 0 Å². The Bertz CT molecular complexity index is 409. The van der Waals surface area contributed by atoms with Crippen molar-refractivity contribution in [2.45, 2.75) is 25.8 Å². The number of benzene rings is 1. The number of ether oxygens (including phenoxy) is 2. The van der Waals surface area contributed by atoms with Gasteiger partial charge in [0.2, 0.25) is 0 Å². The van der Waals surface area contributed by atoms with Gasteiger partial charge in [-0.2, -0.15) is 0 Å². The highest BCUT2D eigenvalue weighted by Crippen LogP contribution is 2.27. The van der Waals surface area contributed by atoms with Crippen molar-refractivity contribution in [3.63, 3.8) is 0 Å². The van der Waals surface area contributed by atoms with Crippen LogP contribution in [0.5, 0.6) is 11.5 Å². The molecule has 18 heavy (non-hydrogen) atoms. The lowest BCUT2D eigenvalue weighted by Crippen LogP contribution is -2.28. The highest BCUT2D eigenvalue weighted by atomic mass is 16.5. The van der Waals surface area contributed by atoms with Crippen LogP contribution < -0.4 is 14.8 Å². The third-order valence-corrected chi connectivity index (χ3v) is 2.75. The Morgan fingerprint density at radius 2 is 2.00 bits per heavy atom. The van der Waals surface area contributed by atoms with Gasteiger partial charge in [0.1, 0.15) is 0 Å². The van der Waals surface area contributed by atoms with E-state index in [4.69, 9.17) is 15.9 Å².